The first-order chi connectivity index (χ1) is 13.3. The molecule has 132 valence electrons. The summed E-state index contributed by atoms with van der Waals surface area (Å²) in [6.45, 7) is 3.89. The van der Waals surface area contributed by atoms with Gasteiger partial charge in [-0.1, -0.05) is 73.7 Å². The molecule has 1 aliphatic carbocycles. The van der Waals surface area contributed by atoms with Crippen molar-refractivity contribution in [2.75, 3.05) is 0 Å². The van der Waals surface area contributed by atoms with Crippen LogP contribution in [0.25, 0.3) is 34.2 Å². The van der Waals surface area contributed by atoms with Crippen molar-refractivity contribution in [3.63, 3.8) is 0 Å². The van der Waals surface area contributed by atoms with E-state index in [2.05, 4.69) is 83.9 Å². The van der Waals surface area contributed by atoms with Crippen molar-refractivity contribution in [1.29, 1.82) is 0 Å². The summed E-state index contributed by atoms with van der Waals surface area (Å²) in [5.74, 6) is 0.754. The van der Waals surface area contributed by atoms with Crippen LogP contribution >= 0.6 is 0 Å². The SMILES string of the molecule is C=Cc1ccn2c(-c3ccccc3)c(-c3ccc(C4CCC4)cc3)nc2c1. The number of imidazole rings is 1. The summed E-state index contributed by atoms with van der Waals surface area (Å²) in [7, 11) is 0. The van der Waals surface area contributed by atoms with Crippen LogP contribution in [0.4, 0.5) is 0 Å². The molecule has 2 nitrogen and oxygen atoms in total. The predicted molar refractivity (Wildman–Crippen MR) is 113 cm³/mol. The average molecular weight is 350 g/mol. The van der Waals surface area contributed by atoms with Gasteiger partial charge in [-0.3, -0.25) is 4.40 Å². The Bertz CT molecular complexity index is 1100. The molecule has 0 atom stereocenters. The number of pyridine rings is 1. The Balaban J connectivity index is 1.69. The Hall–Kier alpha value is -3.13. The highest BCUT2D eigenvalue weighted by Crippen LogP contribution is 2.38. The Morgan fingerprint density at radius 3 is 2.37 bits per heavy atom. The van der Waals surface area contributed by atoms with Crippen molar-refractivity contribution in [3.8, 4) is 22.5 Å². The highest BCUT2D eigenvalue weighted by molar-refractivity contribution is 5.82. The zero-order valence-electron chi connectivity index (χ0n) is 15.3. The number of benzene rings is 2. The first-order valence-electron chi connectivity index (χ1n) is 9.64. The predicted octanol–water partition coefficient (Wildman–Crippen LogP) is 6.58. The van der Waals surface area contributed by atoms with E-state index in [-0.39, 0.29) is 0 Å². The first-order valence-corrected chi connectivity index (χ1v) is 9.64. The van der Waals surface area contributed by atoms with Crippen molar-refractivity contribution in [2.24, 2.45) is 0 Å². The Kier molecular flexibility index (Phi) is 3.90. The Morgan fingerprint density at radius 2 is 1.70 bits per heavy atom. The number of nitrogens with zero attached hydrogens (tertiary/aromatic N) is 2. The third-order valence-electron chi connectivity index (χ3n) is 5.69. The highest BCUT2D eigenvalue weighted by atomic mass is 15.0. The minimum Gasteiger partial charge on any atom is -0.299 e. The number of hydrogen-bond acceptors (Lipinski definition) is 1. The molecule has 1 aliphatic rings. The van der Waals surface area contributed by atoms with E-state index in [0.717, 1.165) is 28.5 Å². The molecule has 0 amide bonds. The van der Waals surface area contributed by atoms with Crippen LogP contribution in [0.3, 0.4) is 0 Å². The van der Waals surface area contributed by atoms with E-state index in [0.29, 0.717) is 0 Å². The minimum atomic E-state index is 0.754. The summed E-state index contributed by atoms with van der Waals surface area (Å²) in [6, 6.07) is 23.7. The molecule has 0 saturated heterocycles. The van der Waals surface area contributed by atoms with Crippen molar-refractivity contribution >= 4 is 11.7 Å². The minimum absolute atomic E-state index is 0.754. The van der Waals surface area contributed by atoms with Crippen LogP contribution in [-0.2, 0) is 0 Å². The molecule has 0 radical (unpaired) electrons. The Morgan fingerprint density at radius 1 is 0.926 bits per heavy atom. The van der Waals surface area contributed by atoms with E-state index in [9.17, 15) is 0 Å². The maximum Gasteiger partial charge on any atom is 0.138 e. The molecule has 0 bridgehead atoms. The normalized spacial score (nSPS) is 14.2. The maximum absolute atomic E-state index is 4.99. The highest BCUT2D eigenvalue weighted by Gasteiger charge is 2.20. The molecule has 4 aromatic rings. The fraction of sp³-hybridized carbons (Fsp3) is 0.160. The standard InChI is InChI=1S/C25H22N2/c1-2-18-15-16-27-23(17-18)26-24(25(27)22-7-4-3-5-8-22)21-13-11-20(12-14-21)19-9-6-10-19/h2-5,7-8,11-17,19H,1,6,9-10H2. The van der Waals surface area contributed by atoms with Gasteiger partial charge in [-0.05, 0) is 42.0 Å². The Labute approximate surface area is 159 Å². The smallest absolute Gasteiger partial charge is 0.138 e. The average Bonchev–Trinajstić information content (AvgIpc) is 3.06. The summed E-state index contributed by atoms with van der Waals surface area (Å²) in [6.07, 6.45) is 7.97. The molecule has 0 spiro atoms. The van der Waals surface area contributed by atoms with Gasteiger partial charge >= 0.3 is 0 Å². The third kappa shape index (κ3) is 2.78. The van der Waals surface area contributed by atoms with E-state index in [1.54, 1.807) is 0 Å². The first kappa shape index (κ1) is 16.1. The molecule has 2 aromatic carbocycles. The quantitative estimate of drug-likeness (QED) is 0.406. The molecule has 5 rings (SSSR count). The molecule has 0 aliphatic heterocycles. The molecule has 1 saturated carbocycles. The second kappa shape index (κ2) is 6.55. The van der Waals surface area contributed by atoms with Gasteiger partial charge in [0.1, 0.15) is 5.65 Å². The van der Waals surface area contributed by atoms with Gasteiger partial charge in [-0.15, -0.1) is 0 Å². The van der Waals surface area contributed by atoms with Gasteiger partial charge in [-0.25, -0.2) is 4.98 Å². The van der Waals surface area contributed by atoms with Crippen molar-refractivity contribution < 1.29 is 0 Å². The van der Waals surface area contributed by atoms with Gasteiger partial charge < -0.3 is 0 Å². The van der Waals surface area contributed by atoms with E-state index >= 15 is 0 Å². The summed E-state index contributed by atoms with van der Waals surface area (Å²) >= 11 is 0. The van der Waals surface area contributed by atoms with Crippen LogP contribution in [0, 0.1) is 0 Å². The van der Waals surface area contributed by atoms with Gasteiger partial charge in [0.2, 0.25) is 0 Å². The van der Waals surface area contributed by atoms with Crippen molar-refractivity contribution in [2.45, 2.75) is 25.2 Å². The van der Waals surface area contributed by atoms with Crippen LogP contribution in [0.1, 0.15) is 36.3 Å². The number of fused-ring (bicyclic) bond motifs is 1. The lowest BCUT2D eigenvalue weighted by atomic mass is 9.80. The summed E-state index contributed by atoms with van der Waals surface area (Å²) in [4.78, 5) is 4.99. The molecule has 2 heteroatoms. The number of hydrogen-bond donors (Lipinski definition) is 0. The molecule has 0 N–H and O–H groups in total. The maximum atomic E-state index is 4.99. The van der Waals surface area contributed by atoms with Gasteiger partial charge in [-0.2, -0.15) is 0 Å². The monoisotopic (exact) mass is 350 g/mol. The zero-order chi connectivity index (χ0) is 18.2. The molecule has 27 heavy (non-hydrogen) atoms. The molecular formula is C25H22N2. The van der Waals surface area contributed by atoms with Gasteiger partial charge in [0.25, 0.3) is 0 Å². The molecular weight excluding hydrogens is 328 g/mol. The number of rotatable bonds is 4. The number of aromatic nitrogens is 2. The van der Waals surface area contributed by atoms with Crippen LogP contribution in [0.15, 0.2) is 79.5 Å². The van der Waals surface area contributed by atoms with Crippen LogP contribution in [0.5, 0.6) is 0 Å². The van der Waals surface area contributed by atoms with E-state index < -0.39 is 0 Å². The lowest BCUT2D eigenvalue weighted by molar-refractivity contribution is 0.420. The second-order valence-corrected chi connectivity index (χ2v) is 7.32. The van der Waals surface area contributed by atoms with Crippen LogP contribution in [-0.4, -0.2) is 9.38 Å². The largest absolute Gasteiger partial charge is 0.299 e. The van der Waals surface area contributed by atoms with Crippen molar-refractivity contribution in [1.82, 2.24) is 9.38 Å². The van der Waals surface area contributed by atoms with Gasteiger partial charge in [0, 0.05) is 17.3 Å². The third-order valence-corrected chi connectivity index (χ3v) is 5.69. The van der Waals surface area contributed by atoms with Gasteiger partial charge in [0.05, 0.1) is 11.4 Å². The molecule has 1 fully saturated rings. The van der Waals surface area contributed by atoms with E-state index in [1.807, 2.05) is 6.08 Å². The topological polar surface area (TPSA) is 17.3 Å². The van der Waals surface area contributed by atoms with E-state index in [1.165, 1.54) is 36.0 Å². The van der Waals surface area contributed by atoms with Crippen LogP contribution in [0.2, 0.25) is 0 Å². The van der Waals surface area contributed by atoms with Crippen molar-refractivity contribution in [3.05, 3.63) is 90.6 Å². The zero-order valence-corrected chi connectivity index (χ0v) is 15.3. The fourth-order valence-corrected chi connectivity index (χ4v) is 3.92. The summed E-state index contributed by atoms with van der Waals surface area (Å²) in [5, 5.41) is 0. The lowest BCUT2D eigenvalue weighted by Crippen LogP contribution is -2.08. The molecule has 0 unspecified atom stereocenters. The fourth-order valence-electron chi connectivity index (χ4n) is 3.92. The second-order valence-electron chi connectivity index (χ2n) is 7.32. The summed E-state index contributed by atoms with van der Waals surface area (Å²) < 4.78 is 2.18. The lowest BCUT2D eigenvalue weighted by Gasteiger charge is -2.25. The van der Waals surface area contributed by atoms with Crippen LogP contribution < -0.4 is 0 Å². The van der Waals surface area contributed by atoms with Gasteiger partial charge in [0.15, 0.2) is 0 Å². The van der Waals surface area contributed by atoms with E-state index in [4.69, 9.17) is 4.98 Å². The summed E-state index contributed by atoms with van der Waals surface area (Å²) in [5.41, 5.74) is 8.00. The molecule has 2 aromatic heterocycles. The molecule has 2 heterocycles.